The van der Waals surface area contributed by atoms with Crippen molar-refractivity contribution in [3.05, 3.63) is 88.1 Å². The van der Waals surface area contributed by atoms with Gasteiger partial charge in [-0.1, -0.05) is 25.1 Å². The maximum Gasteiger partial charge on any atom is 0.326 e. The summed E-state index contributed by atoms with van der Waals surface area (Å²) in [7, 11) is 0. The van der Waals surface area contributed by atoms with E-state index in [0.29, 0.717) is 47.8 Å². The number of aromatic amines is 1. The normalized spacial score (nSPS) is 14.0. The van der Waals surface area contributed by atoms with Crippen LogP contribution in [-0.4, -0.2) is 46.5 Å². The topological polar surface area (TPSA) is 88.3 Å². The zero-order chi connectivity index (χ0) is 23.7. The third kappa shape index (κ3) is 4.03. The lowest BCUT2D eigenvalue weighted by Crippen LogP contribution is -2.48. The second kappa shape index (κ2) is 9.05. The fraction of sp³-hybridized carbons (Fsp3) is 0.269. The van der Waals surface area contributed by atoms with E-state index in [-0.39, 0.29) is 11.6 Å². The van der Waals surface area contributed by atoms with Crippen LogP contribution < -0.4 is 15.3 Å². The van der Waals surface area contributed by atoms with Crippen molar-refractivity contribution in [3.8, 4) is 22.6 Å². The van der Waals surface area contributed by atoms with Crippen LogP contribution in [0.4, 0.5) is 5.69 Å². The first-order valence-electron chi connectivity index (χ1n) is 11.6. The van der Waals surface area contributed by atoms with E-state index in [1.54, 1.807) is 36.5 Å². The Morgan fingerprint density at radius 2 is 1.71 bits per heavy atom. The number of benzene rings is 2. The summed E-state index contributed by atoms with van der Waals surface area (Å²) in [5.41, 5.74) is 3.58. The first kappa shape index (κ1) is 21.8. The average molecular weight is 458 g/mol. The lowest BCUT2D eigenvalue weighted by molar-refractivity contribution is -0.578. The molecule has 3 aliphatic rings. The summed E-state index contributed by atoms with van der Waals surface area (Å²) in [5, 5.41) is 12.9. The zero-order valence-corrected chi connectivity index (χ0v) is 19.1. The fourth-order valence-corrected chi connectivity index (χ4v) is 4.50. The summed E-state index contributed by atoms with van der Waals surface area (Å²) in [5.74, 6) is -0.00753. The standard InChI is InChI=1S/C26H27N5O3/c1-2-12-30-18-24-22(27-26(30)33)17-23(31(24)34)19-8-10-20(11-9-19)25(32)29-15-13-28(14-16-29)21-6-4-3-5-7-21/h3-11,17-18H,2,12-16H2,1H3,(H,27,33). The molecule has 0 aromatic heterocycles. The van der Waals surface area contributed by atoms with Gasteiger partial charge in [0.2, 0.25) is 5.69 Å². The monoisotopic (exact) mass is 457 g/mol. The molecule has 1 fully saturated rings. The van der Waals surface area contributed by atoms with Crippen LogP contribution in [0.1, 0.15) is 23.7 Å². The molecule has 0 unspecified atom stereocenters. The third-order valence-corrected chi connectivity index (χ3v) is 6.36. The molecule has 0 radical (unpaired) electrons. The van der Waals surface area contributed by atoms with Crippen LogP contribution in [0.2, 0.25) is 0 Å². The Kier molecular flexibility index (Phi) is 5.79. The number of nitrogens with one attached hydrogen (secondary N) is 1. The number of hydrogen-bond acceptors (Lipinski definition) is 4. The summed E-state index contributed by atoms with van der Waals surface area (Å²) >= 11 is 0. The first-order valence-corrected chi connectivity index (χ1v) is 11.6. The fourth-order valence-electron chi connectivity index (χ4n) is 4.50. The molecule has 0 aliphatic carbocycles. The smallest absolute Gasteiger partial charge is 0.326 e. The van der Waals surface area contributed by atoms with Crippen molar-refractivity contribution in [1.29, 1.82) is 0 Å². The SMILES string of the molecule is CCCn1cc2[n+]([O-])c(-c3ccc(C(=O)N4CCN(c5ccccc5)CC4)cc3)cc-2[nH]c1=O. The van der Waals surface area contributed by atoms with Crippen molar-refractivity contribution in [2.75, 3.05) is 31.1 Å². The van der Waals surface area contributed by atoms with E-state index in [9.17, 15) is 14.8 Å². The lowest BCUT2D eigenvalue weighted by Gasteiger charge is -2.36. The molecule has 1 N–H and O–H groups in total. The van der Waals surface area contributed by atoms with E-state index in [1.165, 1.54) is 10.3 Å². The van der Waals surface area contributed by atoms with Gasteiger partial charge in [-0.2, -0.15) is 4.73 Å². The molecule has 2 aromatic rings. The summed E-state index contributed by atoms with van der Waals surface area (Å²) in [6, 6.07) is 19.0. The number of piperazine rings is 1. The number of aryl methyl sites for hydroxylation is 1. The van der Waals surface area contributed by atoms with Crippen molar-refractivity contribution in [2.24, 2.45) is 0 Å². The molecule has 5 rings (SSSR count). The Morgan fingerprint density at radius 1 is 1.00 bits per heavy atom. The van der Waals surface area contributed by atoms with Crippen LogP contribution in [0.25, 0.3) is 22.6 Å². The predicted octanol–water partition coefficient (Wildman–Crippen LogP) is 2.95. The maximum absolute atomic E-state index is 13.0. The van der Waals surface area contributed by atoms with E-state index in [1.807, 2.05) is 30.0 Å². The molecular formula is C26H27N5O3. The molecule has 34 heavy (non-hydrogen) atoms. The van der Waals surface area contributed by atoms with Crippen LogP contribution in [0.3, 0.4) is 0 Å². The molecule has 8 heteroatoms. The van der Waals surface area contributed by atoms with Crippen molar-refractivity contribution < 1.29 is 9.52 Å². The van der Waals surface area contributed by atoms with Gasteiger partial charge >= 0.3 is 5.69 Å². The van der Waals surface area contributed by atoms with Gasteiger partial charge in [0.05, 0.1) is 6.20 Å². The molecule has 3 aliphatic heterocycles. The molecule has 0 spiro atoms. The van der Waals surface area contributed by atoms with Crippen LogP contribution in [0.15, 0.2) is 71.7 Å². The first-order chi connectivity index (χ1) is 16.5. The summed E-state index contributed by atoms with van der Waals surface area (Å²) in [6.07, 6.45) is 2.39. The Morgan fingerprint density at radius 3 is 2.38 bits per heavy atom. The van der Waals surface area contributed by atoms with Gasteiger partial charge in [-0.05, 0) is 42.8 Å². The number of anilines is 1. The molecule has 0 atom stereocenters. The zero-order valence-electron chi connectivity index (χ0n) is 19.1. The average Bonchev–Trinajstić information content (AvgIpc) is 3.19. The van der Waals surface area contributed by atoms with E-state index in [0.717, 1.165) is 24.2 Å². The van der Waals surface area contributed by atoms with Crippen molar-refractivity contribution in [2.45, 2.75) is 19.9 Å². The number of para-hydroxylation sites is 1. The number of fused-ring (bicyclic) bond motifs is 1. The van der Waals surface area contributed by atoms with Gasteiger partial charge in [0, 0.05) is 55.6 Å². The minimum absolute atomic E-state index is 0.00753. The molecule has 1 amide bonds. The van der Waals surface area contributed by atoms with Gasteiger partial charge in [-0.25, -0.2) is 4.79 Å². The van der Waals surface area contributed by atoms with E-state index >= 15 is 0 Å². The Bertz CT molecular complexity index is 1320. The highest BCUT2D eigenvalue weighted by atomic mass is 16.5. The van der Waals surface area contributed by atoms with Crippen molar-refractivity contribution in [3.63, 3.8) is 0 Å². The number of amides is 1. The number of hydrogen-bond donors (Lipinski definition) is 1. The van der Waals surface area contributed by atoms with E-state index < -0.39 is 0 Å². The minimum Gasteiger partial charge on any atom is -0.618 e. The molecule has 0 bridgehead atoms. The van der Waals surface area contributed by atoms with Gasteiger partial charge in [-0.3, -0.25) is 9.36 Å². The lowest BCUT2D eigenvalue weighted by atomic mass is 10.1. The van der Waals surface area contributed by atoms with Crippen molar-refractivity contribution >= 4 is 11.6 Å². The van der Waals surface area contributed by atoms with E-state index in [4.69, 9.17) is 0 Å². The van der Waals surface area contributed by atoms with Gasteiger partial charge < -0.3 is 20.0 Å². The maximum atomic E-state index is 13.0. The molecule has 0 saturated carbocycles. The highest BCUT2D eigenvalue weighted by Gasteiger charge is 2.25. The number of rotatable bonds is 5. The van der Waals surface area contributed by atoms with E-state index in [2.05, 4.69) is 22.0 Å². The molecule has 2 aromatic carbocycles. The van der Waals surface area contributed by atoms with Crippen LogP contribution in [0.5, 0.6) is 0 Å². The largest absolute Gasteiger partial charge is 0.618 e. The second-order valence-corrected chi connectivity index (χ2v) is 8.57. The third-order valence-electron chi connectivity index (χ3n) is 6.36. The Hall–Kier alpha value is -4.07. The summed E-state index contributed by atoms with van der Waals surface area (Å²) in [4.78, 5) is 32.2. The minimum atomic E-state index is -0.236. The number of H-pyrrole nitrogens is 1. The Labute approximate surface area is 197 Å². The predicted molar refractivity (Wildman–Crippen MR) is 131 cm³/mol. The Balaban J connectivity index is 1.32. The van der Waals surface area contributed by atoms with Crippen LogP contribution >= 0.6 is 0 Å². The molecule has 1 saturated heterocycles. The summed E-state index contributed by atoms with van der Waals surface area (Å²) in [6.45, 7) is 5.43. The number of carbonyl (C=O) groups is 1. The number of carbonyl (C=O) groups excluding carboxylic acids is 1. The molecule has 3 heterocycles. The van der Waals surface area contributed by atoms with Crippen LogP contribution in [-0.2, 0) is 6.54 Å². The highest BCUT2D eigenvalue weighted by Crippen LogP contribution is 2.25. The van der Waals surface area contributed by atoms with Gasteiger partial charge in [0.15, 0.2) is 0 Å². The second-order valence-electron chi connectivity index (χ2n) is 8.57. The van der Waals surface area contributed by atoms with Gasteiger partial charge in [-0.15, -0.1) is 0 Å². The highest BCUT2D eigenvalue weighted by molar-refractivity contribution is 5.94. The van der Waals surface area contributed by atoms with Crippen LogP contribution in [0, 0.1) is 5.21 Å². The number of aromatic nitrogens is 3. The molecule has 174 valence electrons. The molecule has 8 nitrogen and oxygen atoms in total. The van der Waals surface area contributed by atoms with Crippen molar-refractivity contribution in [1.82, 2.24) is 14.5 Å². The quantitative estimate of drug-likeness (QED) is 0.369. The summed E-state index contributed by atoms with van der Waals surface area (Å²) < 4.78 is 2.34. The van der Waals surface area contributed by atoms with Gasteiger partial charge in [0.1, 0.15) is 5.69 Å². The number of nitrogens with zero attached hydrogens (tertiary/aromatic N) is 4. The van der Waals surface area contributed by atoms with Gasteiger partial charge in [0.25, 0.3) is 11.6 Å². The molecular weight excluding hydrogens is 430 g/mol.